The third-order valence-electron chi connectivity index (χ3n) is 3.85. The summed E-state index contributed by atoms with van der Waals surface area (Å²) >= 11 is 0. The molecule has 2 aliphatic carbocycles. The highest BCUT2D eigenvalue weighted by Gasteiger charge is 2.39. The van der Waals surface area contributed by atoms with E-state index in [4.69, 9.17) is 10.6 Å². The molecule has 3 rings (SSSR count). The molecule has 2 aliphatic rings. The maximum absolute atomic E-state index is 5.74. The van der Waals surface area contributed by atoms with Crippen LogP contribution >= 0.6 is 0 Å². The predicted octanol–water partition coefficient (Wildman–Crippen LogP) is 2.39. The Morgan fingerprint density at radius 2 is 1.94 bits per heavy atom. The van der Waals surface area contributed by atoms with Gasteiger partial charge in [0.05, 0.1) is 6.10 Å². The standard InChI is InChI=1S/C14H20N2O/c1-9-8-13(9)14(16-15)10-2-4-11(5-3-10)17-12-6-7-12/h2-5,9,12-14,16H,6-8,15H2,1H3. The van der Waals surface area contributed by atoms with E-state index >= 15 is 0 Å². The minimum Gasteiger partial charge on any atom is -0.490 e. The molecule has 3 N–H and O–H groups in total. The van der Waals surface area contributed by atoms with Crippen LogP contribution in [0.15, 0.2) is 24.3 Å². The largest absolute Gasteiger partial charge is 0.490 e. The zero-order valence-electron chi connectivity index (χ0n) is 10.2. The van der Waals surface area contributed by atoms with Crippen LogP contribution in [-0.2, 0) is 0 Å². The molecule has 0 aromatic heterocycles. The van der Waals surface area contributed by atoms with Gasteiger partial charge in [0.15, 0.2) is 0 Å². The quantitative estimate of drug-likeness (QED) is 0.605. The Morgan fingerprint density at radius 3 is 2.41 bits per heavy atom. The first kappa shape index (κ1) is 11.1. The lowest BCUT2D eigenvalue weighted by Gasteiger charge is -2.16. The number of nitrogens with two attached hydrogens (primary N) is 1. The minimum atomic E-state index is 0.292. The smallest absolute Gasteiger partial charge is 0.119 e. The molecule has 2 saturated carbocycles. The molecule has 1 aromatic carbocycles. The van der Waals surface area contributed by atoms with E-state index in [0.717, 1.165) is 11.7 Å². The summed E-state index contributed by atoms with van der Waals surface area (Å²) in [6.07, 6.45) is 4.14. The lowest BCUT2D eigenvalue weighted by atomic mass is 10.0. The summed E-state index contributed by atoms with van der Waals surface area (Å²) in [4.78, 5) is 0. The lowest BCUT2D eigenvalue weighted by Crippen LogP contribution is -2.29. The monoisotopic (exact) mass is 232 g/mol. The summed E-state index contributed by atoms with van der Waals surface area (Å²) in [7, 11) is 0. The molecule has 0 radical (unpaired) electrons. The van der Waals surface area contributed by atoms with Crippen molar-refractivity contribution in [3.63, 3.8) is 0 Å². The fourth-order valence-electron chi connectivity index (χ4n) is 2.41. The van der Waals surface area contributed by atoms with Gasteiger partial charge in [0.1, 0.15) is 5.75 Å². The van der Waals surface area contributed by atoms with Crippen LogP contribution in [0.3, 0.4) is 0 Å². The summed E-state index contributed by atoms with van der Waals surface area (Å²) in [5, 5.41) is 0. The van der Waals surface area contributed by atoms with Gasteiger partial charge in [-0.3, -0.25) is 11.3 Å². The molecule has 0 spiro atoms. The summed E-state index contributed by atoms with van der Waals surface area (Å²) in [6, 6.07) is 8.68. The highest BCUT2D eigenvalue weighted by Crippen LogP contribution is 2.46. The van der Waals surface area contributed by atoms with Crippen molar-refractivity contribution in [3.8, 4) is 5.75 Å². The number of hydrazine groups is 1. The highest BCUT2D eigenvalue weighted by molar-refractivity contribution is 5.30. The third kappa shape index (κ3) is 2.45. The van der Waals surface area contributed by atoms with E-state index in [1.165, 1.54) is 24.8 Å². The Labute approximate surface area is 102 Å². The van der Waals surface area contributed by atoms with E-state index in [0.29, 0.717) is 18.1 Å². The van der Waals surface area contributed by atoms with Crippen molar-refractivity contribution in [1.82, 2.24) is 5.43 Å². The Morgan fingerprint density at radius 1 is 1.29 bits per heavy atom. The molecule has 0 saturated heterocycles. The van der Waals surface area contributed by atoms with Gasteiger partial charge in [-0.15, -0.1) is 0 Å². The first-order chi connectivity index (χ1) is 8.28. The van der Waals surface area contributed by atoms with Crippen LogP contribution in [0, 0.1) is 11.8 Å². The molecule has 0 heterocycles. The number of nitrogens with one attached hydrogen (secondary N) is 1. The average Bonchev–Trinajstić information content (AvgIpc) is 3.23. The van der Waals surface area contributed by atoms with Crippen molar-refractivity contribution in [2.75, 3.05) is 0 Å². The Bertz CT molecular complexity index is 386. The number of hydrogen-bond donors (Lipinski definition) is 2. The van der Waals surface area contributed by atoms with Gasteiger partial charge in [0.25, 0.3) is 0 Å². The normalized spacial score (nSPS) is 28.8. The molecule has 0 aliphatic heterocycles. The Hall–Kier alpha value is -1.06. The summed E-state index contributed by atoms with van der Waals surface area (Å²) < 4.78 is 5.74. The van der Waals surface area contributed by atoms with Crippen LogP contribution in [0.4, 0.5) is 0 Å². The van der Waals surface area contributed by atoms with Crippen LogP contribution < -0.4 is 16.0 Å². The number of ether oxygens (including phenoxy) is 1. The minimum absolute atomic E-state index is 0.292. The van der Waals surface area contributed by atoms with E-state index < -0.39 is 0 Å². The first-order valence-electron chi connectivity index (χ1n) is 6.50. The van der Waals surface area contributed by atoms with Gasteiger partial charge >= 0.3 is 0 Å². The van der Waals surface area contributed by atoms with Gasteiger partial charge in [0.2, 0.25) is 0 Å². The second kappa shape index (κ2) is 4.31. The van der Waals surface area contributed by atoms with Crippen LogP contribution in [0.5, 0.6) is 5.75 Å². The van der Waals surface area contributed by atoms with Crippen molar-refractivity contribution in [2.45, 2.75) is 38.3 Å². The average molecular weight is 232 g/mol. The predicted molar refractivity (Wildman–Crippen MR) is 67.4 cm³/mol. The van der Waals surface area contributed by atoms with Crippen molar-refractivity contribution >= 4 is 0 Å². The Kier molecular flexibility index (Phi) is 2.81. The molecule has 2 fully saturated rings. The van der Waals surface area contributed by atoms with E-state index in [9.17, 15) is 0 Å². The van der Waals surface area contributed by atoms with E-state index in [-0.39, 0.29) is 0 Å². The van der Waals surface area contributed by atoms with Gasteiger partial charge < -0.3 is 4.74 Å². The number of hydrogen-bond acceptors (Lipinski definition) is 3. The van der Waals surface area contributed by atoms with E-state index in [2.05, 4.69) is 36.6 Å². The summed E-state index contributed by atoms with van der Waals surface area (Å²) in [5.41, 5.74) is 4.21. The summed E-state index contributed by atoms with van der Waals surface area (Å²) in [5.74, 6) is 8.12. The molecule has 3 atom stereocenters. The SMILES string of the molecule is CC1CC1C(NN)c1ccc(OC2CC2)cc1. The number of rotatable bonds is 5. The van der Waals surface area contributed by atoms with Gasteiger partial charge in [-0.1, -0.05) is 19.1 Å². The van der Waals surface area contributed by atoms with Crippen molar-refractivity contribution in [3.05, 3.63) is 29.8 Å². The van der Waals surface area contributed by atoms with Crippen LogP contribution in [0.2, 0.25) is 0 Å². The molecule has 0 bridgehead atoms. The molecule has 3 heteroatoms. The zero-order valence-corrected chi connectivity index (χ0v) is 10.2. The number of benzene rings is 1. The Balaban J connectivity index is 1.69. The van der Waals surface area contributed by atoms with Gasteiger partial charge in [-0.05, 0) is 48.8 Å². The molecule has 1 aromatic rings. The molecule has 3 nitrogen and oxygen atoms in total. The van der Waals surface area contributed by atoms with E-state index in [1.54, 1.807) is 0 Å². The van der Waals surface area contributed by atoms with Gasteiger partial charge in [-0.25, -0.2) is 0 Å². The topological polar surface area (TPSA) is 47.3 Å². The summed E-state index contributed by atoms with van der Waals surface area (Å²) in [6.45, 7) is 2.28. The molecule has 17 heavy (non-hydrogen) atoms. The van der Waals surface area contributed by atoms with Crippen LogP contribution in [-0.4, -0.2) is 6.10 Å². The van der Waals surface area contributed by atoms with Crippen LogP contribution in [0.1, 0.15) is 37.8 Å². The molecule has 92 valence electrons. The fraction of sp³-hybridized carbons (Fsp3) is 0.571. The van der Waals surface area contributed by atoms with Crippen molar-refractivity contribution < 1.29 is 4.74 Å². The van der Waals surface area contributed by atoms with E-state index in [1.807, 2.05) is 0 Å². The van der Waals surface area contributed by atoms with Crippen molar-refractivity contribution in [2.24, 2.45) is 17.7 Å². The lowest BCUT2D eigenvalue weighted by molar-refractivity contribution is 0.303. The van der Waals surface area contributed by atoms with Crippen molar-refractivity contribution in [1.29, 1.82) is 0 Å². The highest BCUT2D eigenvalue weighted by atomic mass is 16.5. The second-order valence-corrected chi connectivity index (χ2v) is 5.41. The maximum Gasteiger partial charge on any atom is 0.119 e. The molecule has 3 unspecified atom stereocenters. The van der Waals surface area contributed by atoms with Crippen LogP contribution in [0.25, 0.3) is 0 Å². The first-order valence-corrected chi connectivity index (χ1v) is 6.50. The fourth-order valence-corrected chi connectivity index (χ4v) is 2.41. The zero-order chi connectivity index (χ0) is 11.8. The molecular formula is C14H20N2O. The molecular weight excluding hydrogens is 212 g/mol. The van der Waals surface area contributed by atoms with Gasteiger partial charge in [0, 0.05) is 6.04 Å². The molecule has 0 amide bonds. The van der Waals surface area contributed by atoms with Gasteiger partial charge in [-0.2, -0.15) is 0 Å². The second-order valence-electron chi connectivity index (χ2n) is 5.41. The maximum atomic E-state index is 5.74. The third-order valence-corrected chi connectivity index (χ3v) is 3.85.